The van der Waals surface area contributed by atoms with Crippen molar-refractivity contribution in [2.75, 3.05) is 5.75 Å². The molecule has 0 saturated carbocycles. The topological polar surface area (TPSA) is 195 Å². The third-order valence-corrected chi connectivity index (χ3v) is 6.79. The summed E-state index contributed by atoms with van der Waals surface area (Å²) in [5.41, 5.74) is 4.98. The van der Waals surface area contributed by atoms with E-state index in [1.54, 1.807) is 0 Å². The van der Waals surface area contributed by atoms with E-state index in [1.165, 1.54) is 0 Å². The quantitative estimate of drug-likeness (QED) is 0.251. The standard InChI is InChI=1S/C4H13NO9P2S/c5-4(15(6,7)8,16(9,10)11)2-1-3-17(12,13)14/h1-3,5H2,(H2,6,7,8)(H2,9,10,11)(H,12,13,14). The molecule has 0 aliphatic rings. The normalized spacial score (nSPS) is 14.9. The van der Waals surface area contributed by atoms with Gasteiger partial charge in [0.1, 0.15) is 0 Å². The molecular formula is C4H13NO9P2S. The minimum absolute atomic E-state index is 0.606. The Kier molecular flexibility index (Phi) is 5.09. The SMILES string of the molecule is NC(CCCS(=O)(=O)O)(P(=O)(O)O)P(=O)(O)O. The van der Waals surface area contributed by atoms with Crippen LogP contribution in [0.3, 0.4) is 0 Å². The first-order valence-corrected chi connectivity index (χ1v) is 8.89. The Balaban J connectivity index is 5.03. The lowest BCUT2D eigenvalue weighted by Crippen LogP contribution is -2.39. The number of hydrogen-bond acceptors (Lipinski definition) is 5. The van der Waals surface area contributed by atoms with Crippen LogP contribution in [-0.2, 0) is 19.2 Å². The first-order chi connectivity index (χ1) is 7.21. The van der Waals surface area contributed by atoms with Gasteiger partial charge in [-0.1, -0.05) is 0 Å². The predicted octanol–water partition coefficient (Wildman–Crippen LogP) is -1.38. The van der Waals surface area contributed by atoms with Crippen LogP contribution in [0.1, 0.15) is 12.8 Å². The van der Waals surface area contributed by atoms with Crippen molar-refractivity contribution < 1.29 is 41.7 Å². The Labute approximate surface area is 96.9 Å². The maximum Gasteiger partial charge on any atom is 0.357 e. The van der Waals surface area contributed by atoms with Gasteiger partial charge >= 0.3 is 15.2 Å². The molecular weight excluding hydrogens is 300 g/mol. The van der Waals surface area contributed by atoms with Crippen LogP contribution in [0, 0.1) is 0 Å². The number of hydrogen-bond donors (Lipinski definition) is 6. The zero-order valence-electron chi connectivity index (χ0n) is 8.37. The first kappa shape index (κ1) is 17.2. The average molecular weight is 313 g/mol. The Bertz CT molecular complexity index is 437. The second-order valence-electron chi connectivity index (χ2n) is 3.36. The van der Waals surface area contributed by atoms with E-state index in [9.17, 15) is 17.5 Å². The van der Waals surface area contributed by atoms with E-state index in [0.29, 0.717) is 0 Å². The lowest BCUT2D eigenvalue weighted by atomic mass is 10.3. The van der Waals surface area contributed by atoms with Crippen molar-refractivity contribution >= 4 is 25.3 Å². The van der Waals surface area contributed by atoms with Crippen LogP contribution in [0.5, 0.6) is 0 Å². The van der Waals surface area contributed by atoms with Gasteiger partial charge in [-0.15, -0.1) is 0 Å². The van der Waals surface area contributed by atoms with E-state index < -0.39 is 48.9 Å². The molecule has 0 fully saturated rings. The van der Waals surface area contributed by atoms with Crippen LogP contribution in [0.15, 0.2) is 0 Å². The molecule has 0 aromatic heterocycles. The van der Waals surface area contributed by atoms with E-state index in [0.717, 1.165) is 0 Å². The van der Waals surface area contributed by atoms with Gasteiger partial charge in [-0.2, -0.15) is 8.42 Å². The van der Waals surface area contributed by atoms with E-state index >= 15 is 0 Å². The smallest absolute Gasteiger partial charge is 0.323 e. The molecule has 0 aliphatic carbocycles. The minimum atomic E-state index is -5.35. The highest BCUT2D eigenvalue weighted by Crippen LogP contribution is 2.67. The van der Waals surface area contributed by atoms with Gasteiger partial charge < -0.3 is 25.3 Å². The summed E-state index contributed by atoms with van der Waals surface area (Å²) in [6, 6.07) is 0. The molecule has 0 saturated heterocycles. The Hall–Kier alpha value is 0.170. The molecule has 0 rings (SSSR count). The van der Waals surface area contributed by atoms with Crippen LogP contribution < -0.4 is 5.73 Å². The van der Waals surface area contributed by atoms with Crippen LogP contribution in [-0.4, -0.2) is 43.3 Å². The molecule has 0 amide bonds. The van der Waals surface area contributed by atoms with Gasteiger partial charge in [-0.05, 0) is 12.8 Å². The fourth-order valence-corrected chi connectivity index (χ4v) is 3.74. The largest absolute Gasteiger partial charge is 0.357 e. The molecule has 104 valence electrons. The molecule has 0 atom stereocenters. The average Bonchev–Trinajstić information content (AvgIpc) is 1.96. The fourth-order valence-electron chi connectivity index (χ4n) is 0.976. The molecule has 0 aromatic rings. The molecule has 10 nitrogen and oxygen atoms in total. The van der Waals surface area contributed by atoms with E-state index in [-0.39, 0.29) is 0 Å². The third-order valence-electron chi connectivity index (χ3n) is 1.96. The monoisotopic (exact) mass is 313 g/mol. The van der Waals surface area contributed by atoms with Crippen LogP contribution in [0.2, 0.25) is 0 Å². The minimum Gasteiger partial charge on any atom is -0.323 e. The number of rotatable bonds is 6. The Morgan fingerprint density at radius 2 is 1.41 bits per heavy atom. The van der Waals surface area contributed by atoms with Gasteiger partial charge in [0.25, 0.3) is 10.1 Å². The summed E-state index contributed by atoms with van der Waals surface area (Å²) in [4.78, 5) is 35.1. The fraction of sp³-hybridized carbons (Fsp3) is 1.00. The Morgan fingerprint density at radius 3 is 1.65 bits per heavy atom. The first-order valence-electron chi connectivity index (χ1n) is 4.06. The lowest BCUT2D eigenvalue weighted by molar-refractivity contribution is 0.302. The summed E-state index contributed by atoms with van der Waals surface area (Å²) in [7, 11) is -15.1. The summed E-state index contributed by atoms with van der Waals surface area (Å²) < 4.78 is 50.9. The molecule has 13 heteroatoms. The lowest BCUT2D eigenvalue weighted by Gasteiger charge is -2.30. The van der Waals surface area contributed by atoms with Crippen molar-refractivity contribution in [1.82, 2.24) is 0 Å². The second kappa shape index (κ2) is 5.04. The van der Waals surface area contributed by atoms with Crippen molar-refractivity contribution in [2.45, 2.75) is 17.9 Å². The van der Waals surface area contributed by atoms with Gasteiger partial charge in [0.2, 0.25) is 5.02 Å². The van der Waals surface area contributed by atoms with Crippen LogP contribution in [0.4, 0.5) is 0 Å². The molecule has 0 aromatic carbocycles. The highest BCUT2D eigenvalue weighted by atomic mass is 32.2. The molecule has 0 aliphatic heterocycles. The molecule has 0 unspecified atom stereocenters. The van der Waals surface area contributed by atoms with E-state index in [4.69, 9.17) is 29.9 Å². The zero-order chi connectivity index (χ0) is 14.1. The molecule has 0 radical (unpaired) electrons. The van der Waals surface area contributed by atoms with Gasteiger partial charge in [-0.3, -0.25) is 13.7 Å². The molecule has 17 heavy (non-hydrogen) atoms. The number of nitrogens with two attached hydrogens (primary N) is 1. The van der Waals surface area contributed by atoms with Crippen LogP contribution in [0.25, 0.3) is 0 Å². The third kappa shape index (κ3) is 4.74. The second-order valence-corrected chi connectivity index (χ2v) is 9.05. The van der Waals surface area contributed by atoms with Gasteiger partial charge in [-0.25, -0.2) is 0 Å². The van der Waals surface area contributed by atoms with Crippen molar-refractivity contribution in [3.63, 3.8) is 0 Å². The highest BCUT2D eigenvalue weighted by Gasteiger charge is 2.56. The molecule has 7 N–H and O–H groups in total. The van der Waals surface area contributed by atoms with Crippen LogP contribution >= 0.6 is 15.2 Å². The van der Waals surface area contributed by atoms with E-state index in [1.807, 2.05) is 0 Å². The summed E-state index contributed by atoms with van der Waals surface area (Å²) in [6.45, 7) is 0. The zero-order valence-corrected chi connectivity index (χ0v) is 11.0. The molecule has 0 spiro atoms. The Morgan fingerprint density at radius 1 is 1.06 bits per heavy atom. The molecule has 0 bridgehead atoms. The van der Waals surface area contributed by atoms with Gasteiger partial charge in [0.15, 0.2) is 0 Å². The van der Waals surface area contributed by atoms with Crippen molar-refractivity contribution in [2.24, 2.45) is 5.73 Å². The van der Waals surface area contributed by atoms with Crippen molar-refractivity contribution in [3.05, 3.63) is 0 Å². The summed E-state index contributed by atoms with van der Waals surface area (Å²) in [6.07, 6.45) is -1.56. The van der Waals surface area contributed by atoms with Gasteiger partial charge in [0, 0.05) is 0 Å². The van der Waals surface area contributed by atoms with Crippen molar-refractivity contribution in [3.8, 4) is 0 Å². The maximum atomic E-state index is 10.9. The summed E-state index contributed by atoms with van der Waals surface area (Å²) in [5, 5.41) is -3.15. The highest BCUT2D eigenvalue weighted by molar-refractivity contribution is 7.85. The van der Waals surface area contributed by atoms with E-state index in [2.05, 4.69) is 0 Å². The van der Waals surface area contributed by atoms with Crippen molar-refractivity contribution in [1.29, 1.82) is 0 Å². The van der Waals surface area contributed by atoms with Gasteiger partial charge in [0.05, 0.1) is 5.75 Å². The molecule has 0 heterocycles. The maximum absolute atomic E-state index is 10.9. The summed E-state index contributed by atoms with van der Waals surface area (Å²) >= 11 is 0. The summed E-state index contributed by atoms with van der Waals surface area (Å²) in [5.74, 6) is -0.911. The predicted molar refractivity (Wildman–Crippen MR) is 56.7 cm³/mol.